The Morgan fingerprint density at radius 1 is 0.970 bits per heavy atom. The van der Waals surface area contributed by atoms with E-state index in [1.807, 2.05) is 78.9 Å². The fourth-order valence-electron chi connectivity index (χ4n) is 3.45. The highest BCUT2D eigenvalue weighted by Gasteiger charge is 2.23. The first-order chi connectivity index (χ1) is 16.3. The van der Waals surface area contributed by atoms with E-state index >= 15 is 0 Å². The van der Waals surface area contributed by atoms with Crippen molar-refractivity contribution >= 4 is 23.5 Å². The van der Waals surface area contributed by atoms with Crippen molar-refractivity contribution in [2.75, 3.05) is 12.4 Å². The second-order valence-corrected chi connectivity index (χ2v) is 8.33. The zero-order valence-corrected chi connectivity index (χ0v) is 18.8. The highest BCUT2D eigenvalue weighted by molar-refractivity contribution is 7.98. The number of fused-ring (bicyclic) bond motifs is 3. The molecule has 1 aliphatic heterocycles. The minimum Gasteiger partial charge on any atom is -0.497 e. The molecule has 4 aromatic rings. The van der Waals surface area contributed by atoms with Crippen LogP contribution in [-0.2, 0) is 5.75 Å². The molecule has 0 radical (unpaired) electrons. The van der Waals surface area contributed by atoms with Crippen molar-refractivity contribution in [1.29, 1.82) is 0 Å². The smallest absolute Gasteiger partial charge is 0.247 e. The molecule has 1 N–H and O–H groups in total. The third kappa shape index (κ3) is 4.99. The third-order valence-corrected chi connectivity index (χ3v) is 6.05. The molecule has 6 nitrogen and oxygen atoms in total. The molecule has 0 saturated carbocycles. The standard InChI is InChI=1S/C26H22N4O2S/c1-31-20-14-11-18(12-15-20)13-16-23-27-22-10-6-5-9-21(22)24-25(32-23)28-26(30-29-24)33-17-19-7-3-2-4-8-19/h2-16,23,27H,17H2,1H3/b16-13+. The van der Waals surface area contributed by atoms with Crippen LogP contribution >= 0.6 is 11.8 Å². The summed E-state index contributed by atoms with van der Waals surface area (Å²) < 4.78 is 11.5. The van der Waals surface area contributed by atoms with Crippen LogP contribution in [0.5, 0.6) is 11.6 Å². The van der Waals surface area contributed by atoms with Gasteiger partial charge >= 0.3 is 0 Å². The molecule has 2 heterocycles. The van der Waals surface area contributed by atoms with E-state index in [0.717, 1.165) is 28.3 Å². The van der Waals surface area contributed by atoms with Crippen LogP contribution < -0.4 is 14.8 Å². The minimum absolute atomic E-state index is 0.418. The van der Waals surface area contributed by atoms with E-state index in [1.54, 1.807) is 7.11 Å². The average Bonchev–Trinajstić information content (AvgIpc) is 3.03. The Balaban J connectivity index is 1.41. The molecular formula is C26H22N4O2S. The molecule has 0 amide bonds. The minimum atomic E-state index is -0.418. The number of methoxy groups -OCH3 is 1. The summed E-state index contributed by atoms with van der Waals surface area (Å²) in [5.41, 5.74) is 4.70. The number of nitrogens with zero attached hydrogens (tertiary/aromatic N) is 3. The van der Waals surface area contributed by atoms with Crippen molar-refractivity contribution < 1.29 is 9.47 Å². The molecule has 0 bridgehead atoms. The van der Waals surface area contributed by atoms with Crippen LogP contribution in [0.2, 0.25) is 0 Å². The quantitative estimate of drug-likeness (QED) is 0.376. The summed E-state index contributed by atoms with van der Waals surface area (Å²) in [6.45, 7) is 0. The Labute approximate surface area is 196 Å². The molecule has 1 atom stereocenters. The predicted molar refractivity (Wildman–Crippen MR) is 131 cm³/mol. The van der Waals surface area contributed by atoms with Gasteiger partial charge in [0.15, 0.2) is 11.9 Å². The fourth-order valence-corrected chi connectivity index (χ4v) is 4.19. The molecule has 0 fully saturated rings. The van der Waals surface area contributed by atoms with Crippen LogP contribution in [0.1, 0.15) is 11.1 Å². The number of aromatic nitrogens is 3. The lowest BCUT2D eigenvalue weighted by Gasteiger charge is -2.15. The van der Waals surface area contributed by atoms with Crippen LogP contribution in [0, 0.1) is 0 Å². The topological polar surface area (TPSA) is 69.2 Å². The van der Waals surface area contributed by atoms with E-state index in [-0.39, 0.29) is 0 Å². The van der Waals surface area contributed by atoms with Gasteiger partial charge in [-0.3, -0.25) is 0 Å². The Morgan fingerprint density at radius 3 is 2.58 bits per heavy atom. The average molecular weight is 455 g/mol. The Bertz CT molecular complexity index is 1260. The number of nitrogens with one attached hydrogen (secondary N) is 1. The largest absolute Gasteiger partial charge is 0.497 e. The van der Waals surface area contributed by atoms with Gasteiger partial charge in [-0.15, -0.1) is 10.2 Å². The zero-order chi connectivity index (χ0) is 22.5. The Morgan fingerprint density at radius 2 is 1.76 bits per heavy atom. The summed E-state index contributed by atoms with van der Waals surface area (Å²) in [4.78, 5) is 4.69. The van der Waals surface area contributed by atoms with E-state index in [2.05, 4.69) is 27.6 Å². The lowest BCUT2D eigenvalue weighted by atomic mass is 10.1. The SMILES string of the molecule is COc1ccc(/C=C/C2Nc3ccccc3-c3nnc(SCc4ccccc4)nc3O2)cc1. The molecule has 0 saturated heterocycles. The van der Waals surface area contributed by atoms with Gasteiger partial charge < -0.3 is 14.8 Å². The summed E-state index contributed by atoms with van der Waals surface area (Å²) in [5.74, 6) is 2.04. The van der Waals surface area contributed by atoms with E-state index in [0.29, 0.717) is 16.7 Å². The van der Waals surface area contributed by atoms with Crippen molar-refractivity contribution in [3.63, 3.8) is 0 Å². The molecule has 1 unspecified atom stereocenters. The Kier molecular flexibility index (Phi) is 6.21. The maximum atomic E-state index is 6.25. The maximum absolute atomic E-state index is 6.25. The van der Waals surface area contributed by atoms with Gasteiger partial charge in [-0.25, -0.2) is 0 Å². The number of rotatable bonds is 6. The van der Waals surface area contributed by atoms with Crippen LogP contribution in [0.3, 0.4) is 0 Å². The lowest BCUT2D eigenvalue weighted by molar-refractivity contribution is 0.266. The fraction of sp³-hybridized carbons (Fsp3) is 0.115. The molecule has 33 heavy (non-hydrogen) atoms. The molecule has 5 rings (SSSR count). The van der Waals surface area contributed by atoms with Crippen molar-refractivity contribution in [1.82, 2.24) is 15.2 Å². The highest BCUT2D eigenvalue weighted by Crippen LogP contribution is 2.36. The maximum Gasteiger partial charge on any atom is 0.247 e. The normalized spacial score (nSPS) is 14.5. The van der Waals surface area contributed by atoms with Gasteiger partial charge in [0, 0.05) is 17.0 Å². The zero-order valence-electron chi connectivity index (χ0n) is 18.0. The van der Waals surface area contributed by atoms with Crippen LogP contribution in [-0.4, -0.2) is 28.5 Å². The molecule has 0 aliphatic carbocycles. The van der Waals surface area contributed by atoms with Crippen LogP contribution in [0.4, 0.5) is 5.69 Å². The predicted octanol–water partition coefficient (Wildman–Crippen LogP) is 5.68. The molecule has 164 valence electrons. The summed E-state index contributed by atoms with van der Waals surface area (Å²) in [5, 5.41) is 12.8. The number of ether oxygens (including phenoxy) is 2. The van der Waals surface area contributed by atoms with E-state index in [9.17, 15) is 0 Å². The second kappa shape index (κ2) is 9.75. The first-order valence-corrected chi connectivity index (χ1v) is 11.5. The van der Waals surface area contributed by atoms with Gasteiger partial charge in [0.1, 0.15) is 5.75 Å². The third-order valence-electron chi connectivity index (χ3n) is 5.14. The number of anilines is 1. The van der Waals surface area contributed by atoms with Crippen LogP contribution in [0.25, 0.3) is 17.3 Å². The van der Waals surface area contributed by atoms with Crippen molar-refractivity contribution in [3.05, 3.63) is 96.1 Å². The lowest BCUT2D eigenvalue weighted by Crippen LogP contribution is -2.23. The number of thioether (sulfide) groups is 1. The number of benzene rings is 3. The molecule has 7 heteroatoms. The summed E-state index contributed by atoms with van der Waals surface area (Å²) in [6.07, 6.45) is 3.55. The van der Waals surface area contributed by atoms with Crippen molar-refractivity contribution in [2.24, 2.45) is 0 Å². The monoisotopic (exact) mass is 454 g/mol. The summed E-state index contributed by atoms with van der Waals surface area (Å²) >= 11 is 1.53. The summed E-state index contributed by atoms with van der Waals surface area (Å²) in [6, 6.07) is 26.0. The second-order valence-electron chi connectivity index (χ2n) is 7.38. The van der Waals surface area contributed by atoms with Crippen molar-refractivity contribution in [2.45, 2.75) is 17.1 Å². The van der Waals surface area contributed by atoms with Crippen molar-refractivity contribution in [3.8, 4) is 22.9 Å². The molecule has 0 spiro atoms. The number of hydrogen-bond donors (Lipinski definition) is 1. The Hall–Kier alpha value is -3.84. The van der Waals surface area contributed by atoms with E-state index in [4.69, 9.17) is 14.5 Å². The van der Waals surface area contributed by atoms with Gasteiger partial charge in [-0.05, 0) is 35.4 Å². The molecule has 1 aromatic heterocycles. The van der Waals surface area contributed by atoms with E-state index < -0.39 is 6.23 Å². The highest BCUT2D eigenvalue weighted by atomic mass is 32.2. The van der Waals surface area contributed by atoms with Gasteiger partial charge in [-0.1, -0.05) is 78.5 Å². The molecule has 1 aliphatic rings. The summed E-state index contributed by atoms with van der Waals surface area (Å²) in [7, 11) is 1.66. The van der Waals surface area contributed by atoms with Gasteiger partial charge in [0.2, 0.25) is 11.0 Å². The van der Waals surface area contributed by atoms with Crippen LogP contribution in [0.15, 0.2) is 90.1 Å². The van der Waals surface area contributed by atoms with Gasteiger partial charge in [0.25, 0.3) is 0 Å². The van der Waals surface area contributed by atoms with E-state index in [1.165, 1.54) is 17.3 Å². The van der Waals surface area contributed by atoms with Gasteiger partial charge in [0.05, 0.1) is 7.11 Å². The molecular weight excluding hydrogens is 432 g/mol. The number of para-hydroxylation sites is 1. The first kappa shape index (κ1) is 21.0. The number of hydrogen-bond acceptors (Lipinski definition) is 7. The van der Waals surface area contributed by atoms with Gasteiger partial charge in [-0.2, -0.15) is 4.98 Å². The first-order valence-electron chi connectivity index (χ1n) is 10.5. The molecule has 3 aromatic carbocycles.